The molecule has 21 heavy (non-hydrogen) atoms. The average molecular weight is 283 g/mol. The van der Waals surface area contributed by atoms with Crippen molar-refractivity contribution in [2.75, 3.05) is 0 Å². The first-order valence-electron chi connectivity index (χ1n) is 7.51. The number of hydrogen-bond acceptors (Lipinski definition) is 3. The standard InChI is InChI=1S/C17H17NO3/c1-8(2)18-16(20)14-11-7-12(19)13(15(14)17(18)21)10-6-4-3-5-9(10)11/h3-6,8,11,13-15H,7H2,1-2H3/t11-,13+,14+,15+/m1/s1. The van der Waals surface area contributed by atoms with Crippen LogP contribution in [0, 0.1) is 11.8 Å². The predicted molar refractivity (Wildman–Crippen MR) is 75.5 cm³/mol. The molecular formula is C17H17NO3. The average Bonchev–Trinajstić information content (AvgIpc) is 2.72. The van der Waals surface area contributed by atoms with Gasteiger partial charge in [-0.25, -0.2) is 0 Å². The fraction of sp³-hybridized carbons (Fsp3) is 0.471. The Morgan fingerprint density at radius 2 is 1.62 bits per heavy atom. The Kier molecular flexibility index (Phi) is 2.44. The van der Waals surface area contributed by atoms with Crippen molar-refractivity contribution in [1.29, 1.82) is 0 Å². The summed E-state index contributed by atoms with van der Waals surface area (Å²) in [4.78, 5) is 39.2. The largest absolute Gasteiger partial charge is 0.299 e. The van der Waals surface area contributed by atoms with E-state index in [9.17, 15) is 14.4 Å². The molecule has 0 N–H and O–H groups in total. The second-order valence-corrected chi connectivity index (χ2v) is 6.58. The molecule has 5 rings (SSSR count). The third-order valence-corrected chi connectivity index (χ3v) is 5.24. The predicted octanol–water partition coefficient (Wildman–Crippen LogP) is 1.85. The molecule has 1 saturated heterocycles. The van der Waals surface area contributed by atoms with Crippen molar-refractivity contribution >= 4 is 17.6 Å². The Labute approximate surface area is 123 Å². The molecule has 1 heterocycles. The van der Waals surface area contributed by atoms with E-state index < -0.39 is 11.8 Å². The number of nitrogens with zero attached hydrogens (tertiary/aromatic N) is 1. The smallest absolute Gasteiger partial charge is 0.234 e. The lowest BCUT2D eigenvalue weighted by atomic mass is 9.56. The number of likely N-dealkylation sites (tertiary alicyclic amines) is 1. The molecule has 4 aliphatic rings. The molecular weight excluding hydrogens is 266 g/mol. The first kappa shape index (κ1) is 12.7. The van der Waals surface area contributed by atoms with Gasteiger partial charge >= 0.3 is 0 Å². The lowest BCUT2D eigenvalue weighted by Gasteiger charge is -2.43. The summed E-state index contributed by atoms with van der Waals surface area (Å²) in [5.41, 5.74) is 2.06. The number of Topliss-reactive ketones (excluding diaryl/α,β-unsaturated/α-hetero) is 1. The van der Waals surface area contributed by atoms with E-state index >= 15 is 0 Å². The third kappa shape index (κ3) is 1.42. The quantitative estimate of drug-likeness (QED) is 0.739. The van der Waals surface area contributed by atoms with Crippen molar-refractivity contribution < 1.29 is 14.4 Å². The van der Waals surface area contributed by atoms with Gasteiger partial charge in [0.1, 0.15) is 5.78 Å². The van der Waals surface area contributed by atoms with Crippen LogP contribution in [-0.4, -0.2) is 28.5 Å². The molecule has 3 aliphatic carbocycles. The van der Waals surface area contributed by atoms with E-state index in [-0.39, 0.29) is 35.5 Å². The summed E-state index contributed by atoms with van der Waals surface area (Å²) >= 11 is 0. The molecule has 1 aliphatic heterocycles. The zero-order chi connectivity index (χ0) is 14.9. The van der Waals surface area contributed by atoms with Crippen molar-refractivity contribution in [2.45, 2.75) is 38.1 Å². The van der Waals surface area contributed by atoms with E-state index in [4.69, 9.17) is 0 Å². The molecule has 1 saturated carbocycles. The first-order chi connectivity index (χ1) is 10.0. The summed E-state index contributed by atoms with van der Waals surface area (Å²) in [5, 5.41) is 0. The van der Waals surface area contributed by atoms with Gasteiger partial charge in [0.15, 0.2) is 0 Å². The van der Waals surface area contributed by atoms with Gasteiger partial charge in [-0.15, -0.1) is 0 Å². The van der Waals surface area contributed by atoms with Crippen LogP contribution in [0.15, 0.2) is 24.3 Å². The van der Waals surface area contributed by atoms with E-state index in [1.165, 1.54) is 4.90 Å². The normalized spacial score (nSPS) is 33.7. The zero-order valence-corrected chi connectivity index (χ0v) is 12.1. The van der Waals surface area contributed by atoms with Crippen molar-refractivity contribution in [3.63, 3.8) is 0 Å². The molecule has 4 atom stereocenters. The van der Waals surface area contributed by atoms with Crippen LogP contribution in [0.4, 0.5) is 0 Å². The van der Waals surface area contributed by atoms with Crippen LogP contribution in [-0.2, 0) is 14.4 Å². The minimum atomic E-state index is -0.471. The Morgan fingerprint density at radius 1 is 1.00 bits per heavy atom. The van der Waals surface area contributed by atoms with Gasteiger partial charge in [-0.05, 0) is 25.0 Å². The Balaban J connectivity index is 1.91. The fourth-order valence-electron chi connectivity index (χ4n) is 4.49. The topological polar surface area (TPSA) is 54.5 Å². The monoisotopic (exact) mass is 283 g/mol. The van der Waals surface area contributed by atoms with E-state index in [1.54, 1.807) is 0 Å². The molecule has 0 spiro atoms. The SMILES string of the molecule is CC(C)N1C(=O)[C@@H]2[C@@H](C1=O)[C@@H]1C(=O)C[C@@H]2c2ccccc21. The second-order valence-electron chi connectivity index (χ2n) is 6.58. The first-order valence-corrected chi connectivity index (χ1v) is 7.51. The lowest BCUT2D eigenvalue weighted by molar-refractivity contribution is -0.142. The van der Waals surface area contributed by atoms with Crippen molar-refractivity contribution in [3.05, 3.63) is 35.4 Å². The highest BCUT2D eigenvalue weighted by Gasteiger charge is 2.62. The number of carbonyl (C=O) groups excluding carboxylic acids is 3. The highest BCUT2D eigenvalue weighted by atomic mass is 16.2. The molecule has 1 aromatic carbocycles. The Hall–Kier alpha value is -1.97. The van der Waals surface area contributed by atoms with Gasteiger partial charge in [-0.1, -0.05) is 24.3 Å². The third-order valence-electron chi connectivity index (χ3n) is 5.24. The van der Waals surface area contributed by atoms with Crippen LogP contribution >= 0.6 is 0 Å². The summed E-state index contributed by atoms with van der Waals surface area (Å²) in [6.07, 6.45) is 0.397. The van der Waals surface area contributed by atoms with E-state index in [1.807, 2.05) is 38.1 Å². The molecule has 0 aromatic heterocycles. The molecule has 2 amide bonds. The summed E-state index contributed by atoms with van der Waals surface area (Å²) < 4.78 is 0. The maximum absolute atomic E-state index is 12.7. The van der Waals surface area contributed by atoms with E-state index in [0.717, 1.165) is 11.1 Å². The number of amides is 2. The maximum atomic E-state index is 12.7. The van der Waals surface area contributed by atoms with Crippen molar-refractivity contribution in [3.8, 4) is 0 Å². The number of hydrogen-bond donors (Lipinski definition) is 0. The van der Waals surface area contributed by atoms with Gasteiger partial charge in [-0.3, -0.25) is 19.3 Å². The molecule has 1 aromatic rings. The van der Waals surface area contributed by atoms with Gasteiger partial charge < -0.3 is 0 Å². The van der Waals surface area contributed by atoms with Gasteiger partial charge in [-0.2, -0.15) is 0 Å². The molecule has 2 fully saturated rings. The van der Waals surface area contributed by atoms with Crippen LogP contribution in [0.25, 0.3) is 0 Å². The molecule has 0 radical (unpaired) electrons. The van der Waals surface area contributed by atoms with Crippen LogP contribution < -0.4 is 0 Å². The summed E-state index contributed by atoms with van der Waals surface area (Å²) in [6, 6.07) is 7.65. The number of fused-ring (bicyclic) bond motifs is 1. The molecule has 108 valence electrons. The van der Waals surface area contributed by atoms with E-state index in [2.05, 4.69) is 0 Å². The number of carbonyl (C=O) groups is 3. The number of benzene rings is 1. The van der Waals surface area contributed by atoms with Gasteiger partial charge in [0.25, 0.3) is 0 Å². The van der Waals surface area contributed by atoms with Gasteiger partial charge in [0.2, 0.25) is 11.8 Å². The Morgan fingerprint density at radius 3 is 2.29 bits per heavy atom. The number of rotatable bonds is 1. The van der Waals surface area contributed by atoms with Crippen molar-refractivity contribution in [1.82, 2.24) is 4.90 Å². The highest BCUT2D eigenvalue weighted by Crippen LogP contribution is 2.57. The number of ketones is 1. The van der Waals surface area contributed by atoms with Crippen molar-refractivity contribution in [2.24, 2.45) is 11.8 Å². The zero-order valence-electron chi connectivity index (χ0n) is 12.1. The summed E-state index contributed by atoms with van der Waals surface area (Å²) in [7, 11) is 0. The summed E-state index contributed by atoms with van der Waals surface area (Å²) in [5.74, 6) is -1.47. The van der Waals surface area contributed by atoms with Crippen LogP contribution in [0.5, 0.6) is 0 Å². The number of imide groups is 1. The highest BCUT2D eigenvalue weighted by molar-refractivity contribution is 6.11. The minimum Gasteiger partial charge on any atom is -0.299 e. The molecule has 4 nitrogen and oxygen atoms in total. The molecule has 0 unspecified atom stereocenters. The minimum absolute atomic E-state index is 0.0861. The van der Waals surface area contributed by atoms with Gasteiger partial charge in [0.05, 0.1) is 17.8 Å². The Bertz CT molecular complexity index is 678. The van der Waals surface area contributed by atoms with Crippen LogP contribution in [0.1, 0.15) is 43.2 Å². The van der Waals surface area contributed by atoms with Crippen LogP contribution in [0.3, 0.4) is 0 Å². The second kappa shape index (κ2) is 4.03. The maximum Gasteiger partial charge on any atom is 0.234 e. The van der Waals surface area contributed by atoms with E-state index in [0.29, 0.717) is 6.42 Å². The summed E-state index contributed by atoms with van der Waals surface area (Å²) in [6.45, 7) is 3.70. The van der Waals surface area contributed by atoms with Crippen LogP contribution in [0.2, 0.25) is 0 Å². The lowest BCUT2D eigenvalue weighted by Crippen LogP contribution is -2.44. The fourth-order valence-corrected chi connectivity index (χ4v) is 4.49. The molecule has 2 bridgehead atoms. The molecule has 4 heteroatoms. The van der Waals surface area contributed by atoms with Gasteiger partial charge in [0, 0.05) is 18.4 Å².